The van der Waals surface area contributed by atoms with Crippen molar-refractivity contribution >= 4 is 11.8 Å². The number of nitrogens with zero attached hydrogens (tertiary/aromatic N) is 3. The molecule has 2 N–H and O–H groups in total. The maximum absolute atomic E-state index is 11.4. The molecule has 1 aromatic rings. The van der Waals surface area contributed by atoms with Gasteiger partial charge in [0.25, 0.3) is 0 Å². The van der Waals surface area contributed by atoms with Gasteiger partial charge in [-0.25, -0.2) is 4.79 Å². The van der Waals surface area contributed by atoms with E-state index in [1.165, 1.54) is 12.8 Å². The highest BCUT2D eigenvalue weighted by Crippen LogP contribution is 2.19. The van der Waals surface area contributed by atoms with Crippen LogP contribution in [-0.2, 0) is 0 Å². The topological polar surface area (TPSA) is 78.4 Å². The summed E-state index contributed by atoms with van der Waals surface area (Å²) in [6, 6.07) is 0.363. The van der Waals surface area contributed by atoms with E-state index < -0.39 is 5.97 Å². The van der Waals surface area contributed by atoms with Gasteiger partial charge in [0.2, 0.25) is 0 Å². The van der Waals surface area contributed by atoms with Crippen LogP contribution in [0.2, 0.25) is 0 Å². The molecule has 0 saturated carbocycles. The second kappa shape index (κ2) is 6.17. The Bertz CT molecular complexity index is 498. The van der Waals surface area contributed by atoms with Crippen LogP contribution in [0.5, 0.6) is 0 Å². The van der Waals surface area contributed by atoms with Crippen molar-refractivity contribution in [3.05, 3.63) is 16.8 Å². The summed E-state index contributed by atoms with van der Waals surface area (Å²) in [5.74, 6) is -0.594. The fourth-order valence-corrected chi connectivity index (χ4v) is 2.55. The van der Waals surface area contributed by atoms with E-state index in [9.17, 15) is 9.90 Å². The van der Waals surface area contributed by atoms with Crippen molar-refractivity contribution in [2.45, 2.75) is 39.7 Å². The molecule has 1 unspecified atom stereocenters. The number of rotatable bonds is 5. The van der Waals surface area contributed by atoms with E-state index in [0.29, 0.717) is 29.7 Å². The van der Waals surface area contributed by atoms with Crippen LogP contribution >= 0.6 is 0 Å². The molecule has 0 bridgehead atoms. The number of hydrogen-bond donors (Lipinski definition) is 2. The number of likely N-dealkylation sites (tertiary alicyclic amines) is 1. The molecule has 1 saturated heterocycles. The summed E-state index contributed by atoms with van der Waals surface area (Å²) in [4.78, 5) is 13.8. The lowest BCUT2D eigenvalue weighted by Crippen LogP contribution is -2.36. The summed E-state index contributed by atoms with van der Waals surface area (Å²) in [6.45, 7) is 8.60. The fourth-order valence-electron chi connectivity index (χ4n) is 2.55. The molecule has 0 spiro atoms. The molecular formula is C14H22N4O2. The zero-order chi connectivity index (χ0) is 14.7. The Labute approximate surface area is 119 Å². The van der Waals surface area contributed by atoms with Gasteiger partial charge in [-0.05, 0) is 52.3 Å². The Morgan fingerprint density at radius 3 is 2.60 bits per heavy atom. The van der Waals surface area contributed by atoms with Crippen LogP contribution in [0, 0.1) is 13.8 Å². The van der Waals surface area contributed by atoms with E-state index in [1.54, 1.807) is 13.8 Å². The van der Waals surface area contributed by atoms with Gasteiger partial charge in [-0.1, -0.05) is 0 Å². The highest BCUT2D eigenvalue weighted by atomic mass is 16.4. The Balaban J connectivity index is 2.09. The average Bonchev–Trinajstić information content (AvgIpc) is 2.93. The number of aromatic nitrogens is 2. The molecular weight excluding hydrogens is 256 g/mol. The molecule has 0 amide bonds. The molecule has 0 aromatic carbocycles. The second-order valence-corrected chi connectivity index (χ2v) is 5.41. The van der Waals surface area contributed by atoms with Crippen molar-refractivity contribution in [1.29, 1.82) is 0 Å². The highest BCUT2D eigenvalue weighted by molar-refractivity contribution is 5.94. The van der Waals surface area contributed by atoms with Crippen LogP contribution in [-0.4, -0.2) is 51.8 Å². The van der Waals surface area contributed by atoms with Gasteiger partial charge in [0.1, 0.15) is 5.56 Å². The standard InChI is InChI=1S/C14H22N4O2/c1-9(18-6-4-5-7-18)8-15-13-12(14(19)20)10(2)11(3)16-17-13/h9H,4-8H2,1-3H3,(H,15,17)(H,19,20). The molecule has 1 aromatic heterocycles. The largest absolute Gasteiger partial charge is 0.478 e. The summed E-state index contributed by atoms with van der Waals surface area (Å²) in [6.07, 6.45) is 2.49. The first-order chi connectivity index (χ1) is 9.50. The van der Waals surface area contributed by atoms with Crippen molar-refractivity contribution in [1.82, 2.24) is 15.1 Å². The fraction of sp³-hybridized carbons (Fsp3) is 0.643. The first-order valence-electron chi connectivity index (χ1n) is 7.05. The minimum absolute atomic E-state index is 0.228. The molecule has 6 nitrogen and oxygen atoms in total. The molecule has 2 rings (SSSR count). The van der Waals surface area contributed by atoms with Gasteiger partial charge in [0.05, 0.1) is 5.69 Å². The molecule has 1 fully saturated rings. The van der Waals surface area contributed by atoms with Gasteiger partial charge >= 0.3 is 5.97 Å². The van der Waals surface area contributed by atoms with Crippen molar-refractivity contribution in [3.8, 4) is 0 Å². The van der Waals surface area contributed by atoms with Crippen molar-refractivity contribution in [2.24, 2.45) is 0 Å². The van der Waals surface area contributed by atoms with Gasteiger partial charge in [-0.15, -0.1) is 5.10 Å². The zero-order valence-electron chi connectivity index (χ0n) is 12.3. The second-order valence-electron chi connectivity index (χ2n) is 5.41. The Morgan fingerprint density at radius 2 is 2.00 bits per heavy atom. The SMILES string of the molecule is Cc1nnc(NCC(C)N2CCCC2)c(C(=O)O)c1C. The van der Waals surface area contributed by atoms with Crippen LogP contribution in [0.15, 0.2) is 0 Å². The number of carbonyl (C=O) groups is 1. The zero-order valence-corrected chi connectivity index (χ0v) is 12.3. The number of nitrogens with one attached hydrogen (secondary N) is 1. The van der Waals surface area contributed by atoms with E-state index >= 15 is 0 Å². The average molecular weight is 278 g/mol. The number of anilines is 1. The van der Waals surface area contributed by atoms with Gasteiger partial charge in [-0.3, -0.25) is 4.90 Å². The molecule has 110 valence electrons. The summed E-state index contributed by atoms with van der Waals surface area (Å²) in [5.41, 5.74) is 1.55. The van der Waals surface area contributed by atoms with Gasteiger partial charge in [0.15, 0.2) is 5.82 Å². The van der Waals surface area contributed by atoms with Gasteiger partial charge in [-0.2, -0.15) is 5.10 Å². The molecule has 0 aliphatic carbocycles. The summed E-state index contributed by atoms with van der Waals surface area (Å²) < 4.78 is 0. The predicted octanol–water partition coefficient (Wildman–Crippen LogP) is 1.69. The lowest BCUT2D eigenvalue weighted by Gasteiger charge is -2.24. The van der Waals surface area contributed by atoms with Crippen LogP contribution in [0.4, 0.5) is 5.82 Å². The monoisotopic (exact) mass is 278 g/mol. The smallest absolute Gasteiger partial charge is 0.339 e. The summed E-state index contributed by atoms with van der Waals surface area (Å²) in [5, 5.41) is 20.5. The minimum atomic E-state index is -0.961. The van der Waals surface area contributed by atoms with Gasteiger partial charge < -0.3 is 10.4 Å². The van der Waals surface area contributed by atoms with E-state index in [1.807, 2.05) is 0 Å². The van der Waals surface area contributed by atoms with Gasteiger partial charge in [0, 0.05) is 12.6 Å². The van der Waals surface area contributed by atoms with E-state index in [0.717, 1.165) is 13.1 Å². The molecule has 1 aliphatic heterocycles. The molecule has 1 aliphatic rings. The van der Waals surface area contributed by atoms with Crippen molar-refractivity contribution in [2.75, 3.05) is 25.0 Å². The lowest BCUT2D eigenvalue weighted by molar-refractivity contribution is 0.0696. The molecule has 20 heavy (non-hydrogen) atoms. The number of carboxylic acid groups (broad SMARTS) is 1. The third-order valence-electron chi connectivity index (χ3n) is 4.00. The first kappa shape index (κ1) is 14.7. The van der Waals surface area contributed by atoms with E-state index in [-0.39, 0.29) is 5.56 Å². The Kier molecular flexibility index (Phi) is 4.54. The minimum Gasteiger partial charge on any atom is -0.478 e. The van der Waals surface area contributed by atoms with Crippen molar-refractivity contribution < 1.29 is 9.90 Å². The number of aromatic carboxylic acids is 1. The molecule has 2 heterocycles. The number of carboxylic acids is 1. The third kappa shape index (κ3) is 3.07. The lowest BCUT2D eigenvalue weighted by atomic mass is 10.1. The highest BCUT2D eigenvalue weighted by Gasteiger charge is 2.21. The summed E-state index contributed by atoms with van der Waals surface area (Å²) in [7, 11) is 0. The summed E-state index contributed by atoms with van der Waals surface area (Å²) >= 11 is 0. The van der Waals surface area contributed by atoms with Crippen LogP contribution in [0.3, 0.4) is 0 Å². The van der Waals surface area contributed by atoms with Crippen LogP contribution in [0.25, 0.3) is 0 Å². The van der Waals surface area contributed by atoms with E-state index in [2.05, 4.69) is 27.3 Å². The maximum atomic E-state index is 11.4. The third-order valence-corrected chi connectivity index (χ3v) is 4.00. The quantitative estimate of drug-likeness (QED) is 0.853. The Morgan fingerprint density at radius 1 is 1.35 bits per heavy atom. The first-order valence-corrected chi connectivity index (χ1v) is 7.05. The predicted molar refractivity (Wildman–Crippen MR) is 77.2 cm³/mol. The van der Waals surface area contributed by atoms with E-state index in [4.69, 9.17) is 0 Å². The maximum Gasteiger partial charge on any atom is 0.339 e. The number of aryl methyl sites for hydroxylation is 1. The normalized spacial score (nSPS) is 17.1. The molecule has 6 heteroatoms. The van der Waals surface area contributed by atoms with Crippen molar-refractivity contribution in [3.63, 3.8) is 0 Å². The number of hydrogen-bond acceptors (Lipinski definition) is 5. The molecule has 1 atom stereocenters. The van der Waals surface area contributed by atoms with Crippen LogP contribution in [0.1, 0.15) is 41.4 Å². The molecule has 0 radical (unpaired) electrons. The van der Waals surface area contributed by atoms with Crippen LogP contribution < -0.4 is 5.32 Å². The Hall–Kier alpha value is -1.69.